The van der Waals surface area contributed by atoms with E-state index in [1.165, 1.54) is 31.7 Å². The van der Waals surface area contributed by atoms with Crippen molar-refractivity contribution in [3.05, 3.63) is 30.1 Å². The number of hydrogen-bond donors (Lipinski definition) is 1. The van der Waals surface area contributed by atoms with Crippen molar-refractivity contribution in [2.45, 2.75) is 26.4 Å². The fourth-order valence-electron chi connectivity index (χ4n) is 2.19. The SMILES string of the molecule is CC(C)N1CCN(Cc2cccnc2)CC1.N. The van der Waals surface area contributed by atoms with Crippen LogP contribution in [0.4, 0.5) is 0 Å². The van der Waals surface area contributed by atoms with Gasteiger partial charge in [0.1, 0.15) is 0 Å². The Labute approximate surface area is 104 Å². The maximum absolute atomic E-state index is 4.16. The van der Waals surface area contributed by atoms with Gasteiger partial charge in [-0.15, -0.1) is 0 Å². The van der Waals surface area contributed by atoms with Crippen LogP contribution in [0.2, 0.25) is 0 Å². The van der Waals surface area contributed by atoms with Crippen molar-refractivity contribution in [1.82, 2.24) is 20.9 Å². The molecule has 0 atom stereocenters. The minimum atomic E-state index is 0. The molecule has 0 unspecified atom stereocenters. The molecule has 1 saturated heterocycles. The van der Waals surface area contributed by atoms with Crippen molar-refractivity contribution >= 4 is 0 Å². The first-order valence-corrected chi connectivity index (χ1v) is 6.11. The van der Waals surface area contributed by atoms with Gasteiger partial charge in [0.2, 0.25) is 0 Å². The van der Waals surface area contributed by atoms with E-state index in [4.69, 9.17) is 0 Å². The van der Waals surface area contributed by atoms with Crippen LogP contribution in [0.3, 0.4) is 0 Å². The van der Waals surface area contributed by atoms with Gasteiger partial charge in [-0.05, 0) is 25.5 Å². The van der Waals surface area contributed by atoms with E-state index in [2.05, 4.69) is 34.7 Å². The van der Waals surface area contributed by atoms with Gasteiger partial charge in [-0.25, -0.2) is 0 Å². The van der Waals surface area contributed by atoms with E-state index >= 15 is 0 Å². The van der Waals surface area contributed by atoms with E-state index in [1.807, 2.05) is 18.5 Å². The molecule has 1 aromatic heterocycles. The first kappa shape index (κ1) is 14.1. The molecular weight excluding hydrogens is 212 g/mol. The zero-order valence-electron chi connectivity index (χ0n) is 11.0. The van der Waals surface area contributed by atoms with Crippen LogP contribution in [0.15, 0.2) is 24.5 Å². The van der Waals surface area contributed by atoms with Crippen LogP contribution in [0.1, 0.15) is 19.4 Å². The third kappa shape index (κ3) is 4.07. The van der Waals surface area contributed by atoms with E-state index < -0.39 is 0 Å². The Morgan fingerprint density at radius 1 is 1.24 bits per heavy atom. The minimum absolute atomic E-state index is 0. The summed E-state index contributed by atoms with van der Waals surface area (Å²) in [6, 6.07) is 4.85. The summed E-state index contributed by atoms with van der Waals surface area (Å²) in [5.74, 6) is 0. The lowest BCUT2D eigenvalue weighted by Gasteiger charge is -2.36. The van der Waals surface area contributed by atoms with Gasteiger partial charge in [-0.3, -0.25) is 14.8 Å². The van der Waals surface area contributed by atoms with E-state index in [-0.39, 0.29) is 6.15 Å². The third-order valence-corrected chi connectivity index (χ3v) is 3.27. The van der Waals surface area contributed by atoms with Crippen molar-refractivity contribution in [2.24, 2.45) is 0 Å². The second-order valence-electron chi connectivity index (χ2n) is 4.77. The summed E-state index contributed by atoms with van der Waals surface area (Å²) in [5.41, 5.74) is 1.32. The fraction of sp³-hybridized carbons (Fsp3) is 0.615. The molecular formula is C13H24N4. The van der Waals surface area contributed by atoms with Crippen LogP contribution >= 0.6 is 0 Å². The quantitative estimate of drug-likeness (QED) is 0.869. The maximum atomic E-state index is 4.16. The van der Waals surface area contributed by atoms with Gasteiger partial charge in [-0.1, -0.05) is 6.07 Å². The topological polar surface area (TPSA) is 54.4 Å². The Hall–Kier alpha value is -0.970. The molecule has 0 radical (unpaired) electrons. The highest BCUT2D eigenvalue weighted by Crippen LogP contribution is 2.09. The number of rotatable bonds is 3. The Balaban J connectivity index is 0.00000144. The number of hydrogen-bond acceptors (Lipinski definition) is 4. The van der Waals surface area contributed by atoms with E-state index in [0.29, 0.717) is 6.04 Å². The standard InChI is InChI=1S/C13H21N3.H3N/c1-12(2)16-8-6-15(7-9-16)11-13-4-3-5-14-10-13;/h3-5,10,12H,6-9,11H2,1-2H3;1H3. The summed E-state index contributed by atoms with van der Waals surface area (Å²) in [4.78, 5) is 9.21. The molecule has 2 rings (SSSR count). The highest BCUT2D eigenvalue weighted by molar-refractivity contribution is 5.08. The summed E-state index contributed by atoms with van der Waals surface area (Å²) in [7, 11) is 0. The molecule has 1 aliphatic rings. The molecule has 0 spiro atoms. The fourth-order valence-corrected chi connectivity index (χ4v) is 2.19. The zero-order valence-corrected chi connectivity index (χ0v) is 11.0. The molecule has 0 bridgehead atoms. The van der Waals surface area contributed by atoms with Crippen molar-refractivity contribution < 1.29 is 0 Å². The van der Waals surface area contributed by atoms with E-state index in [9.17, 15) is 0 Å². The molecule has 96 valence electrons. The molecule has 0 aliphatic carbocycles. The average Bonchev–Trinajstić information content (AvgIpc) is 2.31. The van der Waals surface area contributed by atoms with Gasteiger partial charge in [0.25, 0.3) is 0 Å². The molecule has 4 nitrogen and oxygen atoms in total. The van der Waals surface area contributed by atoms with Gasteiger partial charge in [0, 0.05) is 51.2 Å². The molecule has 3 N–H and O–H groups in total. The van der Waals surface area contributed by atoms with Crippen molar-refractivity contribution in [2.75, 3.05) is 26.2 Å². The lowest BCUT2D eigenvalue weighted by molar-refractivity contribution is 0.104. The summed E-state index contributed by atoms with van der Waals surface area (Å²) in [5, 5.41) is 0. The van der Waals surface area contributed by atoms with Crippen molar-refractivity contribution in [1.29, 1.82) is 0 Å². The third-order valence-electron chi connectivity index (χ3n) is 3.27. The molecule has 0 aromatic carbocycles. The van der Waals surface area contributed by atoms with Crippen molar-refractivity contribution in [3.8, 4) is 0 Å². The maximum Gasteiger partial charge on any atom is 0.0312 e. The zero-order chi connectivity index (χ0) is 11.4. The Morgan fingerprint density at radius 3 is 2.47 bits per heavy atom. The van der Waals surface area contributed by atoms with E-state index in [0.717, 1.165) is 6.54 Å². The highest BCUT2D eigenvalue weighted by atomic mass is 15.3. The molecule has 2 heterocycles. The number of piperazine rings is 1. The summed E-state index contributed by atoms with van der Waals surface area (Å²) < 4.78 is 0. The van der Waals surface area contributed by atoms with Crippen LogP contribution in [0.5, 0.6) is 0 Å². The van der Waals surface area contributed by atoms with Gasteiger partial charge in [0.15, 0.2) is 0 Å². The summed E-state index contributed by atoms with van der Waals surface area (Å²) in [6.07, 6.45) is 3.80. The molecule has 1 aliphatic heterocycles. The van der Waals surface area contributed by atoms with Gasteiger partial charge < -0.3 is 6.15 Å². The average molecular weight is 236 g/mol. The summed E-state index contributed by atoms with van der Waals surface area (Å²) in [6.45, 7) is 10.3. The Bertz CT molecular complexity index is 304. The van der Waals surface area contributed by atoms with Gasteiger partial charge in [-0.2, -0.15) is 0 Å². The highest BCUT2D eigenvalue weighted by Gasteiger charge is 2.18. The van der Waals surface area contributed by atoms with Crippen LogP contribution < -0.4 is 6.15 Å². The first-order valence-electron chi connectivity index (χ1n) is 6.11. The Kier molecular flexibility index (Phi) is 5.55. The monoisotopic (exact) mass is 236 g/mol. The van der Waals surface area contributed by atoms with Crippen LogP contribution in [-0.4, -0.2) is 47.0 Å². The molecule has 1 fully saturated rings. The molecule has 0 saturated carbocycles. The van der Waals surface area contributed by atoms with E-state index in [1.54, 1.807) is 0 Å². The van der Waals surface area contributed by atoms with Gasteiger partial charge >= 0.3 is 0 Å². The predicted molar refractivity (Wildman–Crippen MR) is 71.2 cm³/mol. The Morgan fingerprint density at radius 2 is 1.94 bits per heavy atom. The number of nitrogens with zero attached hydrogens (tertiary/aromatic N) is 3. The normalized spacial score (nSPS) is 18.1. The van der Waals surface area contributed by atoms with Crippen LogP contribution in [-0.2, 0) is 6.54 Å². The van der Waals surface area contributed by atoms with Crippen LogP contribution in [0, 0.1) is 0 Å². The predicted octanol–water partition coefficient (Wildman–Crippen LogP) is 1.77. The number of pyridine rings is 1. The minimum Gasteiger partial charge on any atom is -0.344 e. The number of aromatic nitrogens is 1. The van der Waals surface area contributed by atoms with Gasteiger partial charge in [0.05, 0.1) is 0 Å². The molecule has 0 amide bonds. The molecule has 1 aromatic rings. The first-order chi connectivity index (χ1) is 7.75. The second-order valence-corrected chi connectivity index (χ2v) is 4.77. The molecule has 4 heteroatoms. The lowest BCUT2D eigenvalue weighted by atomic mass is 10.2. The summed E-state index contributed by atoms with van der Waals surface area (Å²) >= 11 is 0. The largest absolute Gasteiger partial charge is 0.344 e. The second kappa shape index (κ2) is 6.69. The van der Waals surface area contributed by atoms with Crippen LogP contribution in [0.25, 0.3) is 0 Å². The lowest BCUT2D eigenvalue weighted by Crippen LogP contribution is -2.48. The van der Waals surface area contributed by atoms with Crippen molar-refractivity contribution in [3.63, 3.8) is 0 Å². The smallest absolute Gasteiger partial charge is 0.0312 e. The molecule has 17 heavy (non-hydrogen) atoms.